The van der Waals surface area contributed by atoms with E-state index in [1.165, 1.54) is 12.0 Å². The molecule has 1 aliphatic rings. The van der Waals surface area contributed by atoms with Crippen LogP contribution >= 0.6 is 0 Å². The number of hydrogen-bond acceptors (Lipinski definition) is 4. The Kier molecular flexibility index (Phi) is 4.73. The third-order valence-electron chi connectivity index (χ3n) is 4.77. The molecule has 1 amide bonds. The molecular formula is C20H27NO4. The van der Waals surface area contributed by atoms with Crippen LogP contribution in [0.1, 0.15) is 46.6 Å². The first-order chi connectivity index (χ1) is 11.5. The molecule has 0 bridgehead atoms. The largest absolute Gasteiger partial charge is 0.467 e. The summed E-state index contributed by atoms with van der Waals surface area (Å²) in [5, 5.41) is 0. The highest BCUT2D eigenvalue weighted by Crippen LogP contribution is 2.54. The minimum Gasteiger partial charge on any atom is -0.467 e. The number of nitrogens with zero attached hydrogens (tertiary/aromatic N) is 1. The highest BCUT2D eigenvalue weighted by atomic mass is 16.6. The second-order valence-corrected chi connectivity index (χ2v) is 7.80. The fourth-order valence-electron chi connectivity index (χ4n) is 3.62. The number of anilines is 1. The third kappa shape index (κ3) is 2.81. The van der Waals surface area contributed by atoms with E-state index in [0.29, 0.717) is 5.69 Å². The van der Waals surface area contributed by atoms with Crippen molar-refractivity contribution in [3.8, 4) is 0 Å². The predicted molar refractivity (Wildman–Crippen MR) is 97.7 cm³/mol. The number of rotatable bonds is 3. The van der Waals surface area contributed by atoms with Crippen LogP contribution in [0.4, 0.5) is 10.5 Å². The number of carbonyl (C=O) groups excluding carboxylic acids is 2. The Morgan fingerprint density at radius 1 is 1.24 bits per heavy atom. The van der Waals surface area contributed by atoms with E-state index in [1.54, 1.807) is 26.8 Å². The SMILES string of the molecule is C=CCC1(C(=O)OC)N(C(=O)OC(C)(C)C)c2ccccc2C1(C)C. The lowest BCUT2D eigenvalue weighted by Crippen LogP contribution is -2.63. The molecule has 0 N–H and O–H groups in total. The van der Waals surface area contributed by atoms with E-state index in [9.17, 15) is 9.59 Å². The molecular weight excluding hydrogens is 318 g/mol. The van der Waals surface area contributed by atoms with Crippen molar-refractivity contribution >= 4 is 17.7 Å². The van der Waals surface area contributed by atoms with Gasteiger partial charge in [-0.2, -0.15) is 0 Å². The van der Waals surface area contributed by atoms with Gasteiger partial charge < -0.3 is 9.47 Å². The summed E-state index contributed by atoms with van der Waals surface area (Å²) in [7, 11) is 1.33. The highest BCUT2D eigenvalue weighted by molar-refractivity contribution is 6.04. The topological polar surface area (TPSA) is 55.8 Å². The summed E-state index contributed by atoms with van der Waals surface area (Å²) in [6.45, 7) is 13.1. The van der Waals surface area contributed by atoms with Gasteiger partial charge in [-0.3, -0.25) is 4.90 Å². The number of ether oxygens (including phenoxy) is 2. The number of amides is 1. The molecule has 2 rings (SSSR count). The third-order valence-corrected chi connectivity index (χ3v) is 4.77. The summed E-state index contributed by atoms with van der Waals surface area (Å²) < 4.78 is 10.7. The Balaban J connectivity index is 2.75. The summed E-state index contributed by atoms with van der Waals surface area (Å²) in [6.07, 6.45) is 1.32. The van der Waals surface area contributed by atoms with Gasteiger partial charge in [0.1, 0.15) is 5.60 Å². The van der Waals surface area contributed by atoms with E-state index >= 15 is 0 Å². The molecule has 1 unspecified atom stereocenters. The van der Waals surface area contributed by atoms with Crippen LogP contribution < -0.4 is 4.90 Å². The normalized spacial score (nSPS) is 21.4. The second-order valence-electron chi connectivity index (χ2n) is 7.80. The van der Waals surface area contributed by atoms with Crippen LogP contribution in [0.15, 0.2) is 36.9 Å². The van der Waals surface area contributed by atoms with E-state index in [2.05, 4.69) is 6.58 Å². The smallest absolute Gasteiger partial charge is 0.415 e. The molecule has 1 aromatic rings. The van der Waals surface area contributed by atoms with Gasteiger partial charge in [0.25, 0.3) is 0 Å². The molecule has 1 aromatic carbocycles. The van der Waals surface area contributed by atoms with Gasteiger partial charge in [-0.05, 0) is 32.4 Å². The number of para-hydroxylation sites is 1. The molecule has 0 aliphatic carbocycles. The van der Waals surface area contributed by atoms with Gasteiger partial charge >= 0.3 is 12.1 Å². The minimum atomic E-state index is -1.25. The van der Waals surface area contributed by atoms with Crippen LogP contribution in [0.2, 0.25) is 0 Å². The van der Waals surface area contributed by atoms with Gasteiger partial charge in [-0.25, -0.2) is 9.59 Å². The number of methoxy groups -OCH3 is 1. The molecule has 0 saturated carbocycles. The molecule has 0 aromatic heterocycles. The molecule has 1 heterocycles. The maximum Gasteiger partial charge on any atom is 0.415 e. The Morgan fingerprint density at radius 2 is 1.84 bits per heavy atom. The Bertz CT molecular complexity index is 702. The lowest BCUT2D eigenvalue weighted by molar-refractivity contribution is -0.149. The van der Waals surface area contributed by atoms with E-state index in [4.69, 9.17) is 9.47 Å². The second kappa shape index (κ2) is 6.21. The molecule has 25 heavy (non-hydrogen) atoms. The Labute approximate surface area is 149 Å². The fourth-order valence-corrected chi connectivity index (χ4v) is 3.62. The quantitative estimate of drug-likeness (QED) is 0.608. The van der Waals surface area contributed by atoms with Crippen molar-refractivity contribution in [1.82, 2.24) is 0 Å². The molecule has 0 saturated heterocycles. The maximum absolute atomic E-state index is 13.1. The monoisotopic (exact) mass is 345 g/mol. The summed E-state index contributed by atoms with van der Waals surface area (Å²) in [5.41, 5.74) is -1.06. The predicted octanol–water partition coefficient (Wildman–Crippen LogP) is 4.21. The van der Waals surface area contributed by atoms with E-state index in [0.717, 1.165) is 5.56 Å². The van der Waals surface area contributed by atoms with Gasteiger partial charge in [0.05, 0.1) is 12.8 Å². The van der Waals surface area contributed by atoms with Gasteiger partial charge in [0.15, 0.2) is 5.54 Å². The van der Waals surface area contributed by atoms with E-state index in [-0.39, 0.29) is 6.42 Å². The summed E-state index contributed by atoms with van der Waals surface area (Å²) in [6, 6.07) is 7.50. The van der Waals surface area contributed by atoms with Crippen LogP contribution in [0.25, 0.3) is 0 Å². The Hall–Kier alpha value is -2.30. The molecule has 5 nitrogen and oxygen atoms in total. The van der Waals surface area contributed by atoms with Crippen molar-refractivity contribution < 1.29 is 19.1 Å². The van der Waals surface area contributed by atoms with Crippen molar-refractivity contribution in [3.05, 3.63) is 42.5 Å². The van der Waals surface area contributed by atoms with Crippen LogP contribution in [-0.4, -0.2) is 30.3 Å². The number of esters is 1. The summed E-state index contributed by atoms with van der Waals surface area (Å²) in [4.78, 5) is 27.5. The van der Waals surface area contributed by atoms with Crippen LogP contribution in [-0.2, 0) is 19.7 Å². The number of carbonyl (C=O) groups is 2. The van der Waals surface area contributed by atoms with Gasteiger partial charge in [0, 0.05) is 11.8 Å². The molecule has 0 fully saturated rings. The van der Waals surface area contributed by atoms with E-state index < -0.39 is 28.6 Å². The van der Waals surface area contributed by atoms with Crippen LogP contribution in [0, 0.1) is 0 Å². The molecule has 0 radical (unpaired) electrons. The van der Waals surface area contributed by atoms with Gasteiger partial charge in [-0.1, -0.05) is 38.1 Å². The zero-order chi connectivity index (χ0) is 19.0. The van der Waals surface area contributed by atoms with E-state index in [1.807, 2.05) is 38.1 Å². The zero-order valence-corrected chi connectivity index (χ0v) is 15.9. The lowest BCUT2D eigenvalue weighted by atomic mass is 9.68. The number of hydrogen-bond donors (Lipinski definition) is 0. The summed E-state index contributed by atoms with van der Waals surface area (Å²) >= 11 is 0. The minimum absolute atomic E-state index is 0.251. The first-order valence-electron chi connectivity index (χ1n) is 8.35. The number of benzene rings is 1. The van der Waals surface area contributed by atoms with Crippen molar-refractivity contribution in [2.45, 2.75) is 57.6 Å². The molecule has 0 spiro atoms. The number of fused-ring (bicyclic) bond motifs is 1. The fraction of sp³-hybridized carbons (Fsp3) is 0.500. The molecule has 5 heteroatoms. The molecule has 1 aliphatic heterocycles. The van der Waals surface area contributed by atoms with Crippen molar-refractivity contribution in [2.75, 3.05) is 12.0 Å². The van der Waals surface area contributed by atoms with Crippen molar-refractivity contribution in [2.24, 2.45) is 0 Å². The standard InChI is InChI=1S/C20H27NO4/c1-8-13-20(16(22)24-7)19(5,6)14-11-9-10-12-15(14)21(20)17(23)25-18(2,3)4/h8-12H,1,13H2,2-7H3. The van der Waals surface area contributed by atoms with Crippen molar-refractivity contribution in [3.63, 3.8) is 0 Å². The average molecular weight is 345 g/mol. The van der Waals surface area contributed by atoms with Gasteiger partial charge in [0.2, 0.25) is 0 Å². The van der Waals surface area contributed by atoms with Gasteiger partial charge in [-0.15, -0.1) is 6.58 Å². The maximum atomic E-state index is 13.1. The first-order valence-corrected chi connectivity index (χ1v) is 8.35. The van der Waals surface area contributed by atoms with Crippen LogP contribution in [0.5, 0.6) is 0 Å². The lowest BCUT2D eigenvalue weighted by Gasteiger charge is -2.43. The highest BCUT2D eigenvalue weighted by Gasteiger charge is 2.64. The summed E-state index contributed by atoms with van der Waals surface area (Å²) in [5.74, 6) is -0.487. The zero-order valence-electron chi connectivity index (χ0n) is 15.9. The average Bonchev–Trinajstić information content (AvgIpc) is 2.71. The Morgan fingerprint density at radius 3 is 2.36 bits per heavy atom. The van der Waals surface area contributed by atoms with Crippen LogP contribution in [0.3, 0.4) is 0 Å². The molecule has 136 valence electrons. The first kappa shape index (κ1) is 19.0. The van der Waals surface area contributed by atoms with Crippen molar-refractivity contribution in [1.29, 1.82) is 0 Å². The molecule has 1 atom stereocenters.